The number of hydrogen-bond acceptors (Lipinski definition) is 4. The van der Waals surface area contributed by atoms with Gasteiger partial charge in [0.1, 0.15) is 0 Å². The Labute approximate surface area is 192 Å². The van der Waals surface area contributed by atoms with Gasteiger partial charge in [-0.05, 0) is 0 Å². The van der Waals surface area contributed by atoms with Gasteiger partial charge >= 0.3 is 193 Å². The second-order valence-corrected chi connectivity index (χ2v) is 23.3. The Morgan fingerprint density at radius 2 is 1.70 bits per heavy atom. The van der Waals surface area contributed by atoms with Crippen LogP contribution in [-0.2, 0) is 4.74 Å². The molecule has 2 aromatic rings. The maximum atomic E-state index is 6.61. The van der Waals surface area contributed by atoms with Crippen molar-refractivity contribution in [2.24, 2.45) is 4.99 Å². The zero-order valence-electron chi connectivity index (χ0n) is 19.7. The van der Waals surface area contributed by atoms with Crippen LogP contribution in [0.2, 0.25) is 13.3 Å². The fraction of sp³-hybridized carbons (Fsp3) is 0.680. The number of aromatic nitrogens is 1. The summed E-state index contributed by atoms with van der Waals surface area (Å²) in [5, 5.41) is 0. The molecule has 168 valence electrons. The Bertz CT molecular complexity index is 724. The average molecular weight is 537 g/mol. The Morgan fingerprint density at radius 1 is 1.03 bits per heavy atom. The first-order valence-corrected chi connectivity index (χ1v) is 21.1. The van der Waals surface area contributed by atoms with Gasteiger partial charge in [-0.3, -0.25) is 0 Å². The Morgan fingerprint density at radius 3 is 2.30 bits per heavy atom. The summed E-state index contributed by atoms with van der Waals surface area (Å²) in [5.74, 6) is 0. The SMILES string of the molecule is CCC[CH2][Sn]([CH2]CCC)([CH2]CCC)[CH2]OC(CC)CN=Cc1ccc2scnc2c1. The molecule has 2 rings (SSSR count). The molecule has 0 radical (unpaired) electrons. The fourth-order valence-electron chi connectivity index (χ4n) is 4.07. The zero-order chi connectivity index (χ0) is 21.7. The van der Waals surface area contributed by atoms with E-state index in [2.05, 4.69) is 50.9 Å². The van der Waals surface area contributed by atoms with Gasteiger partial charge in [-0.2, -0.15) is 0 Å². The van der Waals surface area contributed by atoms with Crippen molar-refractivity contribution >= 4 is 46.1 Å². The molecule has 1 heterocycles. The summed E-state index contributed by atoms with van der Waals surface area (Å²) < 4.78 is 13.5. The molecule has 3 nitrogen and oxygen atoms in total. The predicted molar refractivity (Wildman–Crippen MR) is 137 cm³/mol. The zero-order valence-corrected chi connectivity index (χ0v) is 23.3. The molecule has 0 aliphatic carbocycles. The van der Waals surface area contributed by atoms with Gasteiger partial charge in [-0.25, -0.2) is 0 Å². The third-order valence-corrected chi connectivity index (χ3v) is 21.3. The number of rotatable bonds is 16. The Hall–Kier alpha value is -0.461. The van der Waals surface area contributed by atoms with Gasteiger partial charge < -0.3 is 0 Å². The number of nitrogens with zero attached hydrogens (tertiary/aromatic N) is 2. The van der Waals surface area contributed by atoms with Crippen LogP contribution >= 0.6 is 11.3 Å². The summed E-state index contributed by atoms with van der Waals surface area (Å²) in [6.07, 6.45) is 11.5. The van der Waals surface area contributed by atoms with E-state index in [0.29, 0.717) is 0 Å². The number of unbranched alkanes of at least 4 members (excludes halogenated alkanes) is 3. The molecule has 0 fully saturated rings. The molecule has 1 atom stereocenters. The van der Waals surface area contributed by atoms with E-state index in [1.54, 1.807) is 11.3 Å². The Kier molecular flexibility index (Phi) is 12.5. The first-order valence-electron chi connectivity index (χ1n) is 12.1. The first-order chi connectivity index (χ1) is 14.7. The van der Waals surface area contributed by atoms with Crippen LogP contribution in [0.5, 0.6) is 0 Å². The van der Waals surface area contributed by atoms with E-state index in [4.69, 9.17) is 9.73 Å². The van der Waals surface area contributed by atoms with Gasteiger partial charge in [-0.15, -0.1) is 0 Å². The number of ether oxygens (including phenoxy) is 1. The van der Waals surface area contributed by atoms with Gasteiger partial charge in [0.15, 0.2) is 0 Å². The van der Waals surface area contributed by atoms with Crippen molar-refractivity contribution in [3.05, 3.63) is 29.3 Å². The molecule has 0 aliphatic heterocycles. The summed E-state index contributed by atoms with van der Waals surface area (Å²) in [6, 6.07) is 6.40. The fourth-order valence-corrected chi connectivity index (χ4v) is 19.2. The van der Waals surface area contributed by atoms with Crippen molar-refractivity contribution in [1.29, 1.82) is 0 Å². The summed E-state index contributed by atoms with van der Waals surface area (Å²) in [6.45, 7) is 10.0. The van der Waals surface area contributed by atoms with E-state index in [9.17, 15) is 0 Å². The van der Waals surface area contributed by atoms with Crippen LogP contribution in [0.15, 0.2) is 28.7 Å². The molecule has 0 amide bonds. The van der Waals surface area contributed by atoms with Crippen LogP contribution in [0.3, 0.4) is 0 Å². The second kappa shape index (κ2) is 14.6. The molecule has 0 N–H and O–H groups in total. The van der Waals surface area contributed by atoms with Gasteiger partial charge in [0.25, 0.3) is 0 Å². The quantitative estimate of drug-likeness (QED) is 0.161. The molecule has 0 saturated heterocycles. The molecule has 0 bridgehead atoms. The van der Waals surface area contributed by atoms with Crippen LogP contribution in [0, 0.1) is 0 Å². The predicted octanol–water partition coefficient (Wildman–Crippen LogP) is 7.90. The van der Waals surface area contributed by atoms with Crippen LogP contribution in [0.25, 0.3) is 10.2 Å². The van der Waals surface area contributed by atoms with Crippen LogP contribution in [0.4, 0.5) is 0 Å². The minimum atomic E-state index is -2.22. The molecular weight excluding hydrogens is 495 g/mol. The van der Waals surface area contributed by atoms with E-state index in [1.807, 2.05) is 11.7 Å². The van der Waals surface area contributed by atoms with Crippen molar-refractivity contribution in [2.45, 2.75) is 92.1 Å². The summed E-state index contributed by atoms with van der Waals surface area (Å²) in [4.78, 5) is 9.15. The number of hydrogen-bond donors (Lipinski definition) is 0. The number of fused-ring (bicyclic) bond motifs is 1. The normalized spacial score (nSPS) is 13.5. The van der Waals surface area contributed by atoms with Crippen LogP contribution in [-0.4, -0.2) is 46.8 Å². The van der Waals surface area contributed by atoms with Gasteiger partial charge in [0.2, 0.25) is 0 Å². The van der Waals surface area contributed by atoms with Crippen molar-refractivity contribution < 1.29 is 4.74 Å². The molecule has 0 saturated carbocycles. The van der Waals surface area contributed by atoms with Crippen LogP contribution in [0.1, 0.15) is 78.2 Å². The number of aliphatic imine (C=N–C) groups is 1. The summed E-state index contributed by atoms with van der Waals surface area (Å²) in [7, 11) is 0. The molecule has 1 unspecified atom stereocenters. The van der Waals surface area contributed by atoms with Crippen molar-refractivity contribution in [3.63, 3.8) is 0 Å². The third-order valence-electron chi connectivity index (χ3n) is 6.17. The van der Waals surface area contributed by atoms with E-state index >= 15 is 0 Å². The van der Waals surface area contributed by atoms with Crippen molar-refractivity contribution in [1.82, 2.24) is 4.98 Å². The monoisotopic (exact) mass is 538 g/mol. The van der Waals surface area contributed by atoms with Gasteiger partial charge in [-0.1, -0.05) is 0 Å². The third kappa shape index (κ3) is 8.58. The molecule has 0 spiro atoms. The van der Waals surface area contributed by atoms with Crippen molar-refractivity contribution in [2.75, 3.05) is 11.2 Å². The topological polar surface area (TPSA) is 34.5 Å². The van der Waals surface area contributed by atoms with Crippen molar-refractivity contribution in [3.8, 4) is 0 Å². The molecule has 1 aromatic heterocycles. The average Bonchev–Trinajstić information content (AvgIpc) is 3.24. The summed E-state index contributed by atoms with van der Waals surface area (Å²) >= 11 is -0.531. The molecule has 1 aromatic carbocycles. The van der Waals surface area contributed by atoms with E-state index in [0.717, 1.165) is 28.7 Å². The maximum absolute atomic E-state index is 6.61. The number of thiazole rings is 1. The standard InChI is InChI=1S/C13H15N2OS.3C4H9.Sn/c1-3-11(16-2)8-14-7-10-4-5-13-12(6-10)15-9-17-13;3*1-3-4-2;/h4-7,9,11H,2-3,8H2,1H3;3*1,3-4H2,2H3;. The van der Waals surface area contributed by atoms with Gasteiger partial charge in [0.05, 0.1) is 0 Å². The van der Waals surface area contributed by atoms with E-state index in [-0.39, 0.29) is 6.10 Å². The molecular formula is C25H42N2OSSn. The molecule has 0 aliphatic rings. The first kappa shape index (κ1) is 25.8. The van der Waals surface area contributed by atoms with E-state index in [1.165, 1.54) is 56.5 Å². The Balaban J connectivity index is 1.95. The number of benzene rings is 1. The molecule has 5 heteroatoms. The summed E-state index contributed by atoms with van der Waals surface area (Å²) in [5.41, 5.74) is 4.10. The molecule has 30 heavy (non-hydrogen) atoms. The van der Waals surface area contributed by atoms with E-state index < -0.39 is 18.4 Å². The van der Waals surface area contributed by atoms with Crippen LogP contribution < -0.4 is 0 Å². The van der Waals surface area contributed by atoms with Gasteiger partial charge in [0, 0.05) is 0 Å². The minimum absolute atomic E-state index is 0.255. The second-order valence-electron chi connectivity index (χ2n) is 8.73.